The van der Waals surface area contributed by atoms with E-state index in [0.29, 0.717) is 17.7 Å². The van der Waals surface area contributed by atoms with E-state index in [0.717, 1.165) is 0 Å². The Labute approximate surface area is 108 Å². The second kappa shape index (κ2) is 5.86. The third-order valence-electron chi connectivity index (χ3n) is 2.26. The zero-order valence-corrected chi connectivity index (χ0v) is 11.6. The molecule has 6 heteroatoms. The largest absolute Gasteiger partial charge is 0.345 e. The van der Waals surface area contributed by atoms with Crippen LogP contribution in [0.2, 0.25) is 0 Å². The van der Waals surface area contributed by atoms with Crippen LogP contribution in [0.3, 0.4) is 0 Å². The van der Waals surface area contributed by atoms with E-state index in [2.05, 4.69) is 4.72 Å². The van der Waals surface area contributed by atoms with Crippen molar-refractivity contribution in [1.29, 1.82) is 0 Å². The van der Waals surface area contributed by atoms with Crippen molar-refractivity contribution in [3.63, 3.8) is 0 Å². The summed E-state index contributed by atoms with van der Waals surface area (Å²) in [5.41, 5.74) is 0.868. The van der Waals surface area contributed by atoms with E-state index in [1.165, 1.54) is 11.0 Å². The molecule has 0 fully saturated rings. The highest BCUT2D eigenvalue weighted by Gasteiger charge is 2.11. The van der Waals surface area contributed by atoms with Gasteiger partial charge < -0.3 is 4.90 Å². The second-order valence-electron chi connectivity index (χ2n) is 4.20. The van der Waals surface area contributed by atoms with Gasteiger partial charge in [0, 0.05) is 25.3 Å². The number of carbonyl (C=O) groups excluding carboxylic acids is 1. The summed E-state index contributed by atoms with van der Waals surface area (Å²) in [5.74, 6) is -0.0923. The number of anilines is 1. The lowest BCUT2D eigenvalue weighted by Gasteiger charge is -2.12. The molecule has 18 heavy (non-hydrogen) atoms. The fourth-order valence-electron chi connectivity index (χ4n) is 1.47. The van der Waals surface area contributed by atoms with Crippen molar-refractivity contribution in [3.8, 4) is 0 Å². The molecule has 0 aliphatic carbocycles. The summed E-state index contributed by atoms with van der Waals surface area (Å²) in [6.07, 6.45) is 0.547. The normalized spacial score (nSPS) is 11.1. The molecule has 0 spiro atoms. The molecule has 0 atom stereocenters. The second-order valence-corrected chi connectivity index (χ2v) is 6.04. The van der Waals surface area contributed by atoms with Crippen LogP contribution in [0.4, 0.5) is 5.69 Å². The predicted octanol–water partition coefficient (Wildman–Crippen LogP) is 1.54. The standard InChI is InChI=1S/C12H18N2O3S/c1-4-8-18(16,17)13-11-7-5-6-10(9-11)12(15)14(2)3/h5-7,9,13H,4,8H2,1-3H3. The van der Waals surface area contributed by atoms with Crippen LogP contribution in [-0.4, -0.2) is 39.1 Å². The van der Waals surface area contributed by atoms with E-state index < -0.39 is 10.0 Å². The minimum atomic E-state index is -3.32. The van der Waals surface area contributed by atoms with E-state index in [1.54, 1.807) is 39.2 Å². The van der Waals surface area contributed by atoms with E-state index in [9.17, 15) is 13.2 Å². The quantitative estimate of drug-likeness (QED) is 0.882. The van der Waals surface area contributed by atoms with Gasteiger partial charge in [-0.3, -0.25) is 9.52 Å². The van der Waals surface area contributed by atoms with Crippen molar-refractivity contribution >= 4 is 21.6 Å². The summed E-state index contributed by atoms with van der Waals surface area (Å²) in [7, 11) is -0.0242. The first-order chi connectivity index (χ1) is 8.35. The Morgan fingerprint density at radius 3 is 2.56 bits per heavy atom. The molecule has 0 aliphatic rings. The van der Waals surface area contributed by atoms with Crippen LogP contribution in [-0.2, 0) is 10.0 Å². The Kier molecular flexibility index (Phi) is 4.72. The maximum Gasteiger partial charge on any atom is 0.253 e. The van der Waals surface area contributed by atoms with Crippen LogP contribution in [0.25, 0.3) is 0 Å². The zero-order valence-electron chi connectivity index (χ0n) is 10.8. The molecule has 0 saturated carbocycles. The number of nitrogens with one attached hydrogen (secondary N) is 1. The first kappa shape index (κ1) is 14.5. The fraction of sp³-hybridized carbons (Fsp3) is 0.417. The Morgan fingerprint density at radius 1 is 1.33 bits per heavy atom. The van der Waals surface area contributed by atoms with Crippen molar-refractivity contribution in [2.45, 2.75) is 13.3 Å². The Bertz CT molecular complexity index is 524. The molecule has 0 heterocycles. The highest BCUT2D eigenvalue weighted by molar-refractivity contribution is 7.92. The van der Waals surface area contributed by atoms with Crippen LogP contribution < -0.4 is 4.72 Å². The van der Waals surface area contributed by atoms with Gasteiger partial charge in [0.05, 0.1) is 5.75 Å². The summed E-state index contributed by atoms with van der Waals surface area (Å²) in [4.78, 5) is 13.2. The van der Waals surface area contributed by atoms with Gasteiger partial charge in [-0.15, -0.1) is 0 Å². The first-order valence-electron chi connectivity index (χ1n) is 5.68. The number of benzene rings is 1. The summed E-state index contributed by atoms with van der Waals surface area (Å²) >= 11 is 0. The molecule has 0 bridgehead atoms. The summed E-state index contributed by atoms with van der Waals surface area (Å²) in [6.45, 7) is 1.80. The van der Waals surface area contributed by atoms with Gasteiger partial charge >= 0.3 is 0 Å². The highest BCUT2D eigenvalue weighted by atomic mass is 32.2. The molecular weight excluding hydrogens is 252 g/mol. The lowest BCUT2D eigenvalue weighted by Crippen LogP contribution is -2.22. The highest BCUT2D eigenvalue weighted by Crippen LogP contribution is 2.13. The molecule has 0 radical (unpaired) electrons. The molecule has 1 N–H and O–H groups in total. The smallest absolute Gasteiger partial charge is 0.253 e. The molecule has 0 saturated heterocycles. The summed E-state index contributed by atoms with van der Waals surface area (Å²) < 4.78 is 25.7. The van der Waals surface area contributed by atoms with Gasteiger partial charge in [0.25, 0.3) is 5.91 Å². The van der Waals surface area contributed by atoms with Crippen molar-refractivity contribution in [2.75, 3.05) is 24.6 Å². The number of hydrogen-bond donors (Lipinski definition) is 1. The molecule has 1 aromatic carbocycles. The van der Waals surface area contributed by atoms with Crippen molar-refractivity contribution in [1.82, 2.24) is 4.90 Å². The fourth-order valence-corrected chi connectivity index (χ4v) is 2.60. The van der Waals surface area contributed by atoms with Gasteiger partial charge in [0.1, 0.15) is 0 Å². The van der Waals surface area contributed by atoms with Crippen LogP contribution >= 0.6 is 0 Å². The van der Waals surface area contributed by atoms with Crippen LogP contribution in [0.15, 0.2) is 24.3 Å². The lowest BCUT2D eigenvalue weighted by atomic mass is 10.2. The number of amides is 1. The number of hydrogen-bond acceptors (Lipinski definition) is 3. The average molecular weight is 270 g/mol. The lowest BCUT2D eigenvalue weighted by molar-refractivity contribution is 0.0827. The molecule has 5 nitrogen and oxygen atoms in total. The molecule has 1 rings (SSSR count). The third-order valence-corrected chi connectivity index (χ3v) is 3.75. The monoisotopic (exact) mass is 270 g/mol. The van der Waals surface area contributed by atoms with Crippen LogP contribution in [0.5, 0.6) is 0 Å². The van der Waals surface area contributed by atoms with E-state index in [4.69, 9.17) is 0 Å². The number of nitrogens with zero attached hydrogens (tertiary/aromatic N) is 1. The van der Waals surface area contributed by atoms with Gasteiger partial charge in [-0.25, -0.2) is 8.42 Å². The van der Waals surface area contributed by atoms with Gasteiger partial charge in [0.15, 0.2) is 0 Å². The summed E-state index contributed by atoms with van der Waals surface area (Å²) in [6, 6.07) is 6.47. The van der Waals surface area contributed by atoms with Crippen LogP contribution in [0.1, 0.15) is 23.7 Å². The molecule has 1 amide bonds. The molecule has 0 aromatic heterocycles. The maximum absolute atomic E-state index is 11.7. The SMILES string of the molecule is CCCS(=O)(=O)Nc1cccc(C(=O)N(C)C)c1. The Balaban J connectivity index is 2.93. The van der Waals surface area contributed by atoms with Crippen LogP contribution in [0, 0.1) is 0 Å². The predicted molar refractivity (Wildman–Crippen MR) is 72.2 cm³/mol. The first-order valence-corrected chi connectivity index (χ1v) is 7.33. The molecule has 1 aromatic rings. The van der Waals surface area contributed by atoms with Crippen molar-refractivity contribution in [3.05, 3.63) is 29.8 Å². The van der Waals surface area contributed by atoms with Gasteiger partial charge in [-0.05, 0) is 24.6 Å². The Morgan fingerprint density at radius 2 is 2.00 bits per heavy atom. The molecule has 0 unspecified atom stereocenters. The minimum Gasteiger partial charge on any atom is -0.345 e. The number of carbonyl (C=O) groups is 1. The minimum absolute atomic E-state index is 0.0683. The molecule has 100 valence electrons. The van der Waals surface area contributed by atoms with Gasteiger partial charge in [0.2, 0.25) is 10.0 Å². The van der Waals surface area contributed by atoms with E-state index in [-0.39, 0.29) is 11.7 Å². The Hall–Kier alpha value is -1.56. The number of sulfonamides is 1. The van der Waals surface area contributed by atoms with E-state index >= 15 is 0 Å². The van der Waals surface area contributed by atoms with E-state index in [1.807, 2.05) is 0 Å². The maximum atomic E-state index is 11.7. The molecular formula is C12H18N2O3S. The average Bonchev–Trinajstić information content (AvgIpc) is 2.27. The third kappa shape index (κ3) is 4.03. The van der Waals surface area contributed by atoms with Gasteiger partial charge in [-0.1, -0.05) is 13.0 Å². The summed E-state index contributed by atoms with van der Waals surface area (Å²) in [5, 5.41) is 0. The zero-order chi connectivity index (χ0) is 13.8. The molecule has 0 aliphatic heterocycles. The van der Waals surface area contributed by atoms with Crippen molar-refractivity contribution < 1.29 is 13.2 Å². The topological polar surface area (TPSA) is 66.5 Å². The van der Waals surface area contributed by atoms with Crippen molar-refractivity contribution in [2.24, 2.45) is 0 Å². The van der Waals surface area contributed by atoms with Gasteiger partial charge in [-0.2, -0.15) is 0 Å². The number of rotatable bonds is 5.